The first-order chi connectivity index (χ1) is 12.2. The van der Waals surface area contributed by atoms with E-state index >= 15 is 0 Å². The Morgan fingerprint density at radius 3 is 3.00 bits per heavy atom. The van der Waals surface area contributed by atoms with Crippen molar-refractivity contribution in [2.24, 2.45) is 11.1 Å². The number of ketones is 1. The highest BCUT2D eigenvalue weighted by Gasteiger charge is 2.41. The molecular formula is C20H28N3O2. The van der Waals surface area contributed by atoms with Gasteiger partial charge in [0, 0.05) is 29.1 Å². The minimum Gasteiger partial charge on any atom is -0.390 e. The number of carbonyl (C=O) groups excluding carboxylic acids is 1. The Morgan fingerprint density at radius 2 is 2.24 bits per heavy atom. The van der Waals surface area contributed by atoms with Gasteiger partial charge < -0.3 is 21.1 Å². The van der Waals surface area contributed by atoms with Gasteiger partial charge in [-0.2, -0.15) is 0 Å². The van der Waals surface area contributed by atoms with Crippen molar-refractivity contribution in [2.45, 2.75) is 44.6 Å². The van der Waals surface area contributed by atoms with Crippen molar-refractivity contribution in [3.05, 3.63) is 42.6 Å². The van der Waals surface area contributed by atoms with E-state index in [4.69, 9.17) is 10.8 Å². The second kappa shape index (κ2) is 8.13. The first kappa shape index (κ1) is 18.1. The third-order valence-electron chi connectivity index (χ3n) is 5.44. The van der Waals surface area contributed by atoms with Crippen LogP contribution in [0.2, 0.25) is 0 Å². The van der Waals surface area contributed by atoms with Crippen molar-refractivity contribution < 1.29 is 9.90 Å². The summed E-state index contributed by atoms with van der Waals surface area (Å²) < 4.78 is 0. The van der Waals surface area contributed by atoms with Gasteiger partial charge in [-0.1, -0.05) is 18.2 Å². The van der Waals surface area contributed by atoms with Crippen LogP contribution >= 0.6 is 0 Å². The van der Waals surface area contributed by atoms with Crippen LogP contribution in [0.5, 0.6) is 0 Å². The molecule has 25 heavy (non-hydrogen) atoms. The van der Waals surface area contributed by atoms with E-state index in [-0.39, 0.29) is 5.78 Å². The number of aromatic amines is 1. The Balaban J connectivity index is 1.74. The normalized spacial score (nSPS) is 22.2. The fourth-order valence-corrected chi connectivity index (χ4v) is 4.07. The van der Waals surface area contributed by atoms with E-state index in [2.05, 4.69) is 16.4 Å². The maximum atomic E-state index is 13.2. The van der Waals surface area contributed by atoms with Crippen molar-refractivity contribution in [3.63, 3.8) is 0 Å². The molecule has 0 spiro atoms. The third kappa shape index (κ3) is 3.94. The van der Waals surface area contributed by atoms with Crippen LogP contribution in [0.1, 0.15) is 37.7 Å². The molecule has 5 N–H and O–H groups in total. The zero-order valence-electron chi connectivity index (χ0n) is 14.6. The molecule has 3 rings (SSSR count). The standard InChI is InChI=1S/C20H28N3O2/c21-17(12-15-13-23-18-7-2-1-6-16(15)18)19(25)20(8-3-4-11-24)9-5-10-22-14-20/h1-2,6-7,11,13,17,22-24H,3-5,8-10,12,14,21H2/t17-,20+/m0/s1. The molecule has 5 heteroatoms. The number of aliphatic hydroxyl groups excluding tert-OH is 1. The largest absolute Gasteiger partial charge is 0.390 e. The molecule has 1 aromatic heterocycles. The summed E-state index contributed by atoms with van der Waals surface area (Å²) >= 11 is 0. The van der Waals surface area contributed by atoms with Gasteiger partial charge in [-0.15, -0.1) is 0 Å². The second-order valence-corrected chi connectivity index (χ2v) is 7.17. The molecule has 1 aliphatic heterocycles. The van der Waals surface area contributed by atoms with Crippen molar-refractivity contribution in [1.29, 1.82) is 0 Å². The molecule has 5 nitrogen and oxygen atoms in total. The molecule has 1 radical (unpaired) electrons. The van der Waals surface area contributed by atoms with Crippen LogP contribution in [0.4, 0.5) is 0 Å². The molecule has 0 saturated carbocycles. The summed E-state index contributed by atoms with van der Waals surface area (Å²) in [5.74, 6) is 0.155. The van der Waals surface area contributed by atoms with Gasteiger partial charge in [-0.05, 0) is 56.7 Å². The van der Waals surface area contributed by atoms with Crippen LogP contribution in [0, 0.1) is 12.0 Å². The van der Waals surface area contributed by atoms with E-state index < -0.39 is 11.5 Å². The monoisotopic (exact) mass is 342 g/mol. The predicted octanol–water partition coefficient (Wildman–Crippen LogP) is 2.68. The average molecular weight is 342 g/mol. The molecule has 0 amide bonds. The van der Waals surface area contributed by atoms with Gasteiger partial charge >= 0.3 is 0 Å². The van der Waals surface area contributed by atoms with E-state index in [1.807, 2.05) is 24.4 Å². The fourth-order valence-electron chi connectivity index (χ4n) is 4.07. The van der Waals surface area contributed by atoms with Gasteiger partial charge in [0.25, 0.3) is 0 Å². The Bertz CT molecular complexity index is 704. The minimum absolute atomic E-state index is 0.155. The smallest absolute Gasteiger partial charge is 0.157 e. The summed E-state index contributed by atoms with van der Waals surface area (Å²) in [6, 6.07) is 7.59. The summed E-state index contributed by atoms with van der Waals surface area (Å²) in [7, 11) is 0. The van der Waals surface area contributed by atoms with E-state index in [9.17, 15) is 4.79 Å². The van der Waals surface area contributed by atoms with E-state index in [1.165, 1.54) is 6.61 Å². The number of Topliss-reactive ketones (excluding diaryl/α,β-unsaturated/α-hetero) is 1. The lowest BCUT2D eigenvalue weighted by molar-refractivity contribution is -0.131. The third-order valence-corrected chi connectivity index (χ3v) is 5.44. The number of para-hydroxylation sites is 1. The Morgan fingerprint density at radius 1 is 1.40 bits per heavy atom. The zero-order chi connectivity index (χ0) is 17.7. The lowest BCUT2D eigenvalue weighted by Gasteiger charge is -2.38. The Kier molecular flexibility index (Phi) is 5.89. The van der Waals surface area contributed by atoms with E-state index in [0.717, 1.165) is 48.7 Å². The van der Waals surface area contributed by atoms with E-state index in [0.29, 0.717) is 19.4 Å². The number of nitrogens with two attached hydrogens (primary N) is 1. The molecule has 2 heterocycles. The van der Waals surface area contributed by atoms with Crippen LogP contribution in [0.3, 0.4) is 0 Å². The summed E-state index contributed by atoms with van der Waals surface area (Å²) in [5, 5.41) is 13.5. The number of piperidine rings is 1. The molecule has 1 aliphatic rings. The summed E-state index contributed by atoms with van der Waals surface area (Å²) in [6.07, 6.45) is 6.59. The fraction of sp³-hybridized carbons (Fsp3) is 0.500. The van der Waals surface area contributed by atoms with Crippen LogP contribution in [-0.4, -0.2) is 35.0 Å². The number of aromatic nitrogens is 1. The zero-order valence-corrected chi connectivity index (χ0v) is 14.6. The topological polar surface area (TPSA) is 91.1 Å². The highest BCUT2D eigenvalue weighted by Crippen LogP contribution is 2.35. The quantitative estimate of drug-likeness (QED) is 0.555. The first-order valence-electron chi connectivity index (χ1n) is 9.18. The highest BCUT2D eigenvalue weighted by atomic mass is 16.2. The van der Waals surface area contributed by atoms with Gasteiger partial charge in [-0.3, -0.25) is 4.79 Å². The minimum atomic E-state index is -0.503. The number of hydrogen-bond donors (Lipinski definition) is 4. The maximum Gasteiger partial charge on any atom is 0.157 e. The summed E-state index contributed by atoms with van der Waals surface area (Å²) in [6.45, 7) is 2.83. The molecule has 1 saturated heterocycles. The summed E-state index contributed by atoms with van der Waals surface area (Å²) in [5.41, 5.74) is 8.15. The molecule has 2 aromatic rings. The summed E-state index contributed by atoms with van der Waals surface area (Å²) in [4.78, 5) is 16.5. The number of unbranched alkanes of at least 4 members (excludes halogenated alkanes) is 1. The number of hydrogen-bond acceptors (Lipinski definition) is 4. The molecule has 2 atom stereocenters. The van der Waals surface area contributed by atoms with Gasteiger partial charge in [0.1, 0.15) is 0 Å². The second-order valence-electron chi connectivity index (χ2n) is 7.17. The highest BCUT2D eigenvalue weighted by molar-refractivity contribution is 5.91. The van der Waals surface area contributed by atoms with Gasteiger partial charge in [0.05, 0.1) is 12.6 Å². The van der Waals surface area contributed by atoms with Crippen LogP contribution in [-0.2, 0) is 11.2 Å². The molecule has 1 fully saturated rings. The van der Waals surface area contributed by atoms with Gasteiger partial charge in [0.15, 0.2) is 5.78 Å². The molecule has 0 unspecified atom stereocenters. The van der Waals surface area contributed by atoms with E-state index in [1.54, 1.807) is 0 Å². The van der Waals surface area contributed by atoms with Crippen molar-refractivity contribution in [3.8, 4) is 0 Å². The lowest BCUT2D eigenvalue weighted by Crippen LogP contribution is -2.52. The van der Waals surface area contributed by atoms with Gasteiger partial charge in [-0.25, -0.2) is 0 Å². The molecule has 0 bridgehead atoms. The number of fused-ring (bicyclic) bond motifs is 1. The SMILES string of the molecule is N[C@@H](Cc1c[nH]c2ccccc12)C(=O)[C@]1(CCC[CH]O)CCCNC1. The first-order valence-corrected chi connectivity index (χ1v) is 9.18. The van der Waals surface area contributed by atoms with Crippen LogP contribution in [0.25, 0.3) is 10.9 Å². The molecule has 0 aliphatic carbocycles. The van der Waals surface area contributed by atoms with Crippen LogP contribution < -0.4 is 11.1 Å². The molecule has 1 aromatic carbocycles. The Hall–Kier alpha value is -1.69. The number of benzene rings is 1. The average Bonchev–Trinajstić information content (AvgIpc) is 3.05. The maximum absolute atomic E-state index is 13.2. The number of rotatable bonds is 8. The lowest BCUT2D eigenvalue weighted by atomic mass is 9.70. The van der Waals surface area contributed by atoms with Gasteiger partial charge in [0.2, 0.25) is 0 Å². The van der Waals surface area contributed by atoms with Crippen molar-refractivity contribution in [2.75, 3.05) is 13.1 Å². The number of nitrogens with one attached hydrogen (secondary N) is 2. The van der Waals surface area contributed by atoms with Crippen LogP contribution in [0.15, 0.2) is 30.5 Å². The van der Waals surface area contributed by atoms with Crippen molar-refractivity contribution in [1.82, 2.24) is 10.3 Å². The number of aliphatic hydroxyl groups is 1. The predicted molar refractivity (Wildman–Crippen MR) is 99.6 cm³/mol. The molecular weight excluding hydrogens is 314 g/mol. The Labute approximate surface area is 149 Å². The number of carbonyl (C=O) groups is 1. The van der Waals surface area contributed by atoms with Crippen molar-refractivity contribution >= 4 is 16.7 Å². The molecule has 135 valence electrons. The number of H-pyrrole nitrogens is 1.